The molecule has 0 radical (unpaired) electrons. The fraction of sp³-hybridized carbons (Fsp3) is 0.320. The van der Waals surface area contributed by atoms with Gasteiger partial charge in [0.2, 0.25) is 21.9 Å². The molecule has 11 heteroatoms. The number of hydrogen-bond acceptors (Lipinski definition) is 7. The lowest BCUT2D eigenvalue weighted by Crippen LogP contribution is -2.31. The number of likely N-dealkylation sites (tertiary alicyclic amines) is 1. The number of benzene rings is 2. The molecular formula is C25H27ClN6O3S. The highest BCUT2D eigenvalue weighted by Crippen LogP contribution is 2.35. The van der Waals surface area contributed by atoms with Crippen LogP contribution in [0.25, 0.3) is 11.3 Å². The molecule has 1 atom stereocenters. The molecule has 0 aliphatic carbocycles. The third-order valence-corrected chi connectivity index (χ3v) is 8.20. The average molecular weight is 527 g/mol. The Labute approximate surface area is 215 Å². The van der Waals surface area contributed by atoms with E-state index in [0.29, 0.717) is 46.1 Å². The first-order chi connectivity index (χ1) is 17.3. The summed E-state index contributed by atoms with van der Waals surface area (Å²) in [7, 11) is -3.60. The molecule has 188 valence electrons. The summed E-state index contributed by atoms with van der Waals surface area (Å²) in [5, 5.41) is 6.49. The first-order valence-corrected chi connectivity index (χ1v) is 13.7. The van der Waals surface area contributed by atoms with Crippen LogP contribution in [0.3, 0.4) is 0 Å². The van der Waals surface area contributed by atoms with Crippen LogP contribution in [0, 0.1) is 5.92 Å². The number of carbonyl (C=O) groups excluding carboxylic acids is 1. The molecule has 1 aromatic heterocycles. The van der Waals surface area contributed by atoms with E-state index < -0.39 is 10.0 Å². The van der Waals surface area contributed by atoms with E-state index in [1.165, 1.54) is 0 Å². The number of fused-ring (bicyclic) bond motifs is 3. The van der Waals surface area contributed by atoms with Crippen LogP contribution in [-0.4, -0.2) is 55.4 Å². The fourth-order valence-corrected chi connectivity index (χ4v) is 5.84. The minimum absolute atomic E-state index is 0.152. The predicted octanol–water partition coefficient (Wildman–Crippen LogP) is 3.66. The van der Waals surface area contributed by atoms with E-state index in [1.807, 2.05) is 6.07 Å². The summed E-state index contributed by atoms with van der Waals surface area (Å²) in [6.07, 6.45) is 2.78. The SMILES string of the molecule is CCN1CCC(CNS(=O)(=O)c2ccc(Nc3ncc4c(n3)-c3ccc(Cl)cc3NC(=O)C4)cc2)C1. The van der Waals surface area contributed by atoms with Gasteiger partial charge < -0.3 is 15.5 Å². The Morgan fingerprint density at radius 3 is 2.75 bits per heavy atom. The summed E-state index contributed by atoms with van der Waals surface area (Å²) in [4.78, 5) is 23.8. The minimum Gasteiger partial charge on any atom is -0.325 e. The van der Waals surface area contributed by atoms with E-state index in [9.17, 15) is 13.2 Å². The molecule has 0 saturated carbocycles. The molecular weight excluding hydrogens is 500 g/mol. The zero-order valence-electron chi connectivity index (χ0n) is 19.8. The second kappa shape index (κ2) is 10.1. The first kappa shape index (κ1) is 24.6. The summed E-state index contributed by atoms with van der Waals surface area (Å²) in [5.74, 6) is 0.500. The zero-order chi connectivity index (χ0) is 25.3. The summed E-state index contributed by atoms with van der Waals surface area (Å²) in [6.45, 7) is 5.48. The van der Waals surface area contributed by atoms with E-state index in [1.54, 1.807) is 42.6 Å². The molecule has 1 fully saturated rings. The number of sulfonamides is 1. The van der Waals surface area contributed by atoms with Gasteiger partial charge >= 0.3 is 0 Å². The molecule has 2 aliphatic rings. The van der Waals surface area contributed by atoms with E-state index in [4.69, 9.17) is 11.6 Å². The Balaban J connectivity index is 1.30. The van der Waals surface area contributed by atoms with Gasteiger partial charge in [0, 0.05) is 41.1 Å². The lowest BCUT2D eigenvalue weighted by molar-refractivity contribution is -0.115. The number of rotatable bonds is 7. The molecule has 0 bridgehead atoms. The van der Waals surface area contributed by atoms with Gasteiger partial charge in [-0.15, -0.1) is 0 Å². The van der Waals surface area contributed by atoms with E-state index in [-0.39, 0.29) is 17.2 Å². The van der Waals surface area contributed by atoms with Gasteiger partial charge in [-0.2, -0.15) is 0 Å². The van der Waals surface area contributed by atoms with E-state index >= 15 is 0 Å². The molecule has 9 nitrogen and oxygen atoms in total. The van der Waals surface area contributed by atoms with Crippen molar-refractivity contribution in [3.05, 3.63) is 59.2 Å². The largest absolute Gasteiger partial charge is 0.325 e. The molecule has 1 amide bonds. The summed E-state index contributed by atoms with van der Waals surface area (Å²) < 4.78 is 28.3. The van der Waals surface area contributed by atoms with Crippen molar-refractivity contribution in [2.75, 3.05) is 36.8 Å². The summed E-state index contributed by atoms with van der Waals surface area (Å²) >= 11 is 6.11. The average Bonchev–Trinajstić information content (AvgIpc) is 3.27. The van der Waals surface area contributed by atoms with Gasteiger partial charge in [-0.05, 0) is 67.9 Å². The van der Waals surface area contributed by atoms with Crippen LogP contribution in [0.5, 0.6) is 0 Å². The maximum absolute atomic E-state index is 12.8. The second-order valence-corrected chi connectivity index (χ2v) is 11.2. The van der Waals surface area contributed by atoms with Gasteiger partial charge in [-0.25, -0.2) is 23.1 Å². The van der Waals surface area contributed by atoms with Crippen molar-refractivity contribution in [3.8, 4) is 11.3 Å². The van der Waals surface area contributed by atoms with Gasteiger partial charge in [-0.3, -0.25) is 4.79 Å². The lowest BCUT2D eigenvalue weighted by atomic mass is 10.1. The van der Waals surface area contributed by atoms with Crippen molar-refractivity contribution in [2.24, 2.45) is 5.92 Å². The Kier molecular flexibility index (Phi) is 6.94. The van der Waals surface area contributed by atoms with Gasteiger partial charge in [0.1, 0.15) is 0 Å². The van der Waals surface area contributed by atoms with Crippen LogP contribution in [-0.2, 0) is 21.2 Å². The molecule has 3 N–H and O–H groups in total. The predicted molar refractivity (Wildman–Crippen MR) is 140 cm³/mol. The van der Waals surface area contributed by atoms with Crippen molar-refractivity contribution in [2.45, 2.75) is 24.7 Å². The second-order valence-electron chi connectivity index (χ2n) is 9.03. The van der Waals surface area contributed by atoms with Crippen molar-refractivity contribution in [3.63, 3.8) is 0 Å². The standard InChI is InChI=1S/C25H27ClN6O3S/c1-2-32-10-9-16(15-32)13-28-36(34,35)20-6-4-19(5-7-20)29-25-27-14-17-11-23(33)30-22-12-18(26)3-8-21(22)24(17)31-25/h3-8,12,14,16,28H,2,9-11,13,15H2,1H3,(H,30,33)(H,27,29,31). The van der Waals surface area contributed by atoms with Gasteiger partial charge in [0.25, 0.3) is 0 Å². The van der Waals surface area contributed by atoms with Crippen molar-refractivity contribution < 1.29 is 13.2 Å². The number of halogens is 1. The highest BCUT2D eigenvalue weighted by Gasteiger charge is 2.24. The Morgan fingerprint density at radius 1 is 1.19 bits per heavy atom. The number of hydrogen-bond donors (Lipinski definition) is 3. The molecule has 0 spiro atoms. The quantitative estimate of drug-likeness (QED) is 0.430. The van der Waals surface area contributed by atoms with Crippen molar-refractivity contribution >= 4 is 44.9 Å². The number of amides is 1. The van der Waals surface area contributed by atoms with Crippen LogP contribution in [0.2, 0.25) is 5.02 Å². The maximum atomic E-state index is 12.8. The van der Waals surface area contributed by atoms with E-state index in [2.05, 4.69) is 37.1 Å². The fourth-order valence-electron chi connectivity index (χ4n) is 4.55. The molecule has 2 aliphatic heterocycles. The lowest BCUT2D eigenvalue weighted by Gasteiger charge is -2.14. The molecule has 5 rings (SSSR count). The Bertz CT molecular complexity index is 1400. The smallest absolute Gasteiger partial charge is 0.240 e. The van der Waals surface area contributed by atoms with E-state index in [0.717, 1.165) is 31.6 Å². The van der Waals surface area contributed by atoms with Crippen molar-refractivity contribution in [1.82, 2.24) is 19.6 Å². The number of nitrogens with one attached hydrogen (secondary N) is 3. The van der Waals surface area contributed by atoms with Gasteiger partial charge in [0.05, 0.1) is 22.7 Å². The van der Waals surface area contributed by atoms with Crippen LogP contribution < -0.4 is 15.4 Å². The Morgan fingerprint density at radius 2 is 2.00 bits per heavy atom. The van der Waals surface area contributed by atoms with Crippen LogP contribution in [0.4, 0.5) is 17.3 Å². The monoisotopic (exact) mass is 526 g/mol. The van der Waals surface area contributed by atoms with Gasteiger partial charge in [0.15, 0.2) is 0 Å². The first-order valence-electron chi connectivity index (χ1n) is 11.9. The van der Waals surface area contributed by atoms with Gasteiger partial charge in [-0.1, -0.05) is 18.5 Å². The number of nitrogens with zero attached hydrogens (tertiary/aromatic N) is 3. The molecule has 2 aromatic carbocycles. The molecule has 36 heavy (non-hydrogen) atoms. The zero-order valence-corrected chi connectivity index (χ0v) is 21.4. The third kappa shape index (κ3) is 5.36. The normalized spacial score (nSPS) is 17.7. The molecule has 3 heterocycles. The number of anilines is 3. The van der Waals surface area contributed by atoms with Crippen LogP contribution in [0.1, 0.15) is 18.9 Å². The minimum atomic E-state index is -3.60. The summed E-state index contributed by atoms with van der Waals surface area (Å²) in [5.41, 5.74) is 3.33. The van der Waals surface area contributed by atoms with Crippen molar-refractivity contribution in [1.29, 1.82) is 0 Å². The molecule has 1 unspecified atom stereocenters. The number of carbonyl (C=O) groups is 1. The van der Waals surface area contributed by atoms with Crippen LogP contribution in [0.15, 0.2) is 53.6 Å². The number of aromatic nitrogens is 2. The Hall–Kier alpha value is -3.05. The molecule has 3 aromatic rings. The third-order valence-electron chi connectivity index (χ3n) is 6.53. The van der Waals surface area contributed by atoms with Crippen LogP contribution >= 0.6 is 11.6 Å². The summed E-state index contributed by atoms with van der Waals surface area (Å²) in [6, 6.07) is 11.7. The topological polar surface area (TPSA) is 116 Å². The highest BCUT2D eigenvalue weighted by atomic mass is 35.5. The maximum Gasteiger partial charge on any atom is 0.240 e. The molecule has 1 saturated heterocycles. The highest BCUT2D eigenvalue weighted by molar-refractivity contribution is 7.89.